The third kappa shape index (κ3) is 10.0. The van der Waals surface area contributed by atoms with Gasteiger partial charge in [-0.3, -0.25) is 24.7 Å². The summed E-state index contributed by atoms with van der Waals surface area (Å²) >= 11 is 0. The Labute approximate surface area is 430 Å². The Morgan fingerprint density at radius 3 is 2.62 bits per heavy atom. The van der Waals surface area contributed by atoms with Crippen molar-refractivity contribution in [1.82, 2.24) is 24.5 Å². The van der Waals surface area contributed by atoms with Crippen molar-refractivity contribution in [2.24, 2.45) is 11.3 Å². The Morgan fingerprint density at radius 1 is 1.04 bits per heavy atom. The second-order valence-electron chi connectivity index (χ2n) is 21.9. The number of rotatable bonds is 15. The number of fused-ring (bicyclic) bond motifs is 2. The van der Waals surface area contributed by atoms with Gasteiger partial charge in [0.2, 0.25) is 0 Å². The van der Waals surface area contributed by atoms with Gasteiger partial charge in [-0.25, -0.2) is 22.5 Å². The number of hydrogen-bond donors (Lipinski definition) is 4. The zero-order valence-electron chi connectivity index (χ0n) is 42.0. The van der Waals surface area contributed by atoms with Crippen molar-refractivity contribution >= 4 is 44.0 Å². The lowest BCUT2D eigenvalue weighted by molar-refractivity contribution is -0.384. The molecule has 1 amide bonds. The normalized spacial score (nSPS) is 22.0. The second-order valence-corrected chi connectivity index (χ2v) is 23.6. The van der Waals surface area contributed by atoms with Crippen LogP contribution in [-0.2, 0) is 23.0 Å². The molecule has 6 aromatic rings. The summed E-state index contributed by atoms with van der Waals surface area (Å²) in [4.78, 5) is 39.8. The van der Waals surface area contributed by atoms with Crippen molar-refractivity contribution in [3.05, 3.63) is 141 Å². The number of nitro groups is 1. The van der Waals surface area contributed by atoms with Crippen molar-refractivity contribution in [1.29, 1.82) is 0 Å². The van der Waals surface area contributed by atoms with Crippen LogP contribution in [-0.4, -0.2) is 102 Å². The number of nitrogens with zero attached hydrogens (tertiary/aromatic N) is 5. The maximum absolute atomic E-state index is 14.7. The van der Waals surface area contributed by atoms with E-state index in [0.29, 0.717) is 37.0 Å². The van der Waals surface area contributed by atoms with E-state index < -0.39 is 42.9 Å². The quantitative estimate of drug-likeness (QED) is 0.0562. The molecule has 4 N–H and O–H groups in total. The van der Waals surface area contributed by atoms with Crippen LogP contribution in [0.25, 0.3) is 11.0 Å². The summed E-state index contributed by atoms with van der Waals surface area (Å²) in [5.41, 5.74) is 5.35. The van der Waals surface area contributed by atoms with E-state index in [0.717, 1.165) is 95.5 Å². The maximum atomic E-state index is 14.7. The number of carbonyl (C=O) groups is 1. The van der Waals surface area contributed by atoms with E-state index >= 15 is 0 Å². The summed E-state index contributed by atoms with van der Waals surface area (Å²) in [7, 11) is -4.64. The molecule has 0 radical (unpaired) electrons. The molecule has 16 nitrogen and oxygen atoms in total. The van der Waals surface area contributed by atoms with Crippen molar-refractivity contribution < 1.29 is 37.1 Å². The number of amides is 1. The number of aromatic nitrogens is 2. The topological polar surface area (TPSA) is 195 Å². The van der Waals surface area contributed by atoms with Crippen LogP contribution in [0, 0.1) is 27.3 Å². The van der Waals surface area contributed by atoms with Crippen molar-refractivity contribution in [3.8, 4) is 17.2 Å². The lowest BCUT2D eigenvalue weighted by Gasteiger charge is -2.63. The first-order chi connectivity index (χ1) is 35.5. The van der Waals surface area contributed by atoms with Crippen molar-refractivity contribution in [2.45, 2.75) is 101 Å². The van der Waals surface area contributed by atoms with Crippen LogP contribution in [0.5, 0.6) is 17.2 Å². The van der Waals surface area contributed by atoms with Gasteiger partial charge in [0.25, 0.3) is 21.6 Å². The molecule has 11 rings (SSSR count). The molecule has 5 heterocycles. The molecule has 2 aliphatic carbocycles. The highest BCUT2D eigenvalue weighted by molar-refractivity contribution is 7.90. The number of nitrogens with one attached hydrogen (secondary N) is 3. The molecular formula is C56H63FN8O8S. The van der Waals surface area contributed by atoms with Crippen molar-refractivity contribution in [3.63, 3.8) is 0 Å². The van der Waals surface area contributed by atoms with Gasteiger partial charge in [0.05, 0.1) is 39.2 Å². The third-order valence-corrected chi connectivity index (χ3v) is 17.6. The molecule has 1 spiro atoms. The van der Waals surface area contributed by atoms with Crippen LogP contribution in [0.15, 0.2) is 102 Å². The molecule has 2 aromatic heterocycles. The number of carbonyl (C=O) groups excluding carboxylic acids is 1. The van der Waals surface area contributed by atoms with Crippen LogP contribution in [0.3, 0.4) is 0 Å². The van der Waals surface area contributed by atoms with Gasteiger partial charge in [-0.05, 0) is 116 Å². The molecule has 3 aliphatic heterocycles. The van der Waals surface area contributed by atoms with Gasteiger partial charge in [0, 0.05) is 93.7 Å². The van der Waals surface area contributed by atoms with Gasteiger partial charge in [0.15, 0.2) is 0 Å². The Kier molecular flexibility index (Phi) is 13.1. The standard InChI is InChI=1S/C56H63FN8O8S/c1-35(2)43-6-4-5-7-44(43)50-32-62(31-37-8-9-38-16-21-72-51(38)22-37)19-20-64(50)40-26-56(27-40)33-63(34-56)39-10-12-45(52(23-39)73-41-24-46-47(57)30-60-53(46)59-29-41)54(66)61-74(70,71)42-11-13-48(49(25-42)65(68)69)58-28-36-14-17-55(3,67)18-15-36/h4-13,22-25,29-30,35-36,40,50,58,67H,14-21,26-28,31-34H2,1-3H3,(H,59,60)(H,61,66)/t36-,50-,55-/m0/s1. The molecule has 18 heteroatoms. The van der Waals surface area contributed by atoms with E-state index in [4.69, 9.17) is 9.47 Å². The first-order valence-corrected chi connectivity index (χ1v) is 27.3. The molecule has 4 fully saturated rings. The molecule has 388 valence electrons. The number of pyridine rings is 1. The van der Waals surface area contributed by atoms with E-state index in [1.54, 1.807) is 19.1 Å². The molecule has 4 aromatic carbocycles. The van der Waals surface area contributed by atoms with E-state index in [9.17, 15) is 32.8 Å². The summed E-state index contributed by atoms with van der Waals surface area (Å²) in [5, 5.41) is 25.8. The van der Waals surface area contributed by atoms with E-state index in [1.807, 2.05) is 0 Å². The number of aromatic amines is 1. The molecule has 2 saturated carbocycles. The minimum absolute atomic E-state index is 0.0198. The van der Waals surface area contributed by atoms with E-state index in [-0.39, 0.29) is 45.5 Å². The highest BCUT2D eigenvalue weighted by atomic mass is 32.2. The number of aliphatic hydroxyl groups is 1. The summed E-state index contributed by atoms with van der Waals surface area (Å²) in [5.74, 6) is 0.162. The minimum Gasteiger partial charge on any atom is -0.493 e. The predicted molar refractivity (Wildman–Crippen MR) is 280 cm³/mol. The van der Waals surface area contributed by atoms with Crippen LogP contribution in [0.2, 0.25) is 0 Å². The van der Waals surface area contributed by atoms with Crippen LogP contribution in [0.1, 0.15) is 104 Å². The number of nitro benzene ring substituents is 1. The number of benzene rings is 4. The Hall–Kier alpha value is -6.60. The fourth-order valence-corrected chi connectivity index (χ4v) is 13.1. The molecular weight excluding hydrogens is 964 g/mol. The third-order valence-electron chi connectivity index (χ3n) is 16.2. The zero-order valence-corrected chi connectivity index (χ0v) is 42.8. The van der Waals surface area contributed by atoms with Crippen LogP contribution in [0.4, 0.5) is 21.5 Å². The van der Waals surface area contributed by atoms with E-state index in [1.165, 1.54) is 58.9 Å². The fraction of sp³-hybridized carbons (Fsp3) is 0.429. The van der Waals surface area contributed by atoms with Gasteiger partial charge in [-0.1, -0.05) is 50.2 Å². The Bertz CT molecular complexity index is 3230. The fourth-order valence-electron chi connectivity index (χ4n) is 12.1. The molecule has 0 bridgehead atoms. The van der Waals surface area contributed by atoms with Crippen LogP contribution >= 0.6 is 0 Å². The second kappa shape index (κ2) is 19.6. The van der Waals surface area contributed by atoms with E-state index in [2.05, 4.69) is 91.0 Å². The van der Waals surface area contributed by atoms with Gasteiger partial charge < -0.3 is 29.8 Å². The molecule has 2 saturated heterocycles. The van der Waals surface area contributed by atoms with Gasteiger partial charge in [-0.15, -0.1) is 0 Å². The minimum atomic E-state index is -4.64. The predicted octanol–water partition coefficient (Wildman–Crippen LogP) is 9.46. The smallest absolute Gasteiger partial charge is 0.293 e. The van der Waals surface area contributed by atoms with Gasteiger partial charge in [0.1, 0.15) is 34.4 Å². The first-order valence-electron chi connectivity index (χ1n) is 25.8. The number of halogens is 1. The monoisotopic (exact) mass is 1030 g/mol. The SMILES string of the molecule is CC(C)c1ccccc1[C@@H]1CN(Cc2ccc3c(c2)OCC3)CCN1C1CC2(C1)CN(c1ccc(C(=O)NS(=O)(=O)c3ccc(NC[C@H]4CC[C@](C)(O)CC4)c([N+](=O)[O-])c3)c(Oc3cnc4[nH]cc(F)c4c3)c1)C2. The first kappa shape index (κ1) is 49.6. The average Bonchev–Trinajstić information content (AvgIpc) is 3.99. The van der Waals surface area contributed by atoms with Gasteiger partial charge in [-0.2, -0.15) is 0 Å². The highest BCUT2D eigenvalue weighted by Crippen LogP contribution is 2.54. The zero-order chi connectivity index (χ0) is 51.5. The highest BCUT2D eigenvalue weighted by Gasteiger charge is 2.55. The van der Waals surface area contributed by atoms with Gasteiger partial charge >= 0.3 is 0 Å². The Balaban J connectivity index is 0.794. The summed E-state index contributed by atoms with van der Waals surface area (Å²) in [6.45, 7) is 12.8. The number of anilines is 2. The summed E-state index contributed by atoms with van der Waals surface area (Å²) < 4.78 is 56.7. The van der Waals surface area contributed by atoms with Crippen LogP contribution < -0.4 is 24.4 Å². The number of H-pyrrole nitrogens is 1. The van der Waals surface area contributed by atoms with Crippen molar-refractivity contribution in [2.75, 3.05) is 56.1 Å². The summed E-state index contributed by atoms with van der Waals surface area (Å²) in [6, 6.07) is 26.1. The Morgan fingerprint density at radius 2 is 1.84 bits per heavy atom. The number of sulfonamides is 1. The summed E-state index contributed by atoms with van der Waals surface area (Å²) in [6.07, 6.45) is 8.35. The number of hydrogen-bond acceptors (Lipinski definition) is 13. The maximum Gasteiger partial charge on any atom is 0.293 e. The number of ether oxygens (including phenoxy) is 2. The number of piperazine rings is 1. The molecule has 74 heavy (non-hydrogen) atoms. The lowest BCUT2D eigenvalue weighted by atomic mass is 9.59. The average molecular weight is 1030 g/mol. The molecule has 1 atom stereocenters. The molecule has 5 aliphatic rings. The largest absolute Gasteiger partial charge is 0.493 e. The lowest BCUT2D eigenvalue weighted by Crippen LogP contribution is -2.68. The molecule has 0 unspecified atom stereocenters.